The van der Waals surface area contributed by atoms with Crippen molar-refractivity contribution in [1.82, 2.24) is 9.97 Å². The molecule has 0 saturated carbocycles. The molecule has 0 saturated heterocycles. The highest BCUT2D eigenvalue weighted by Gasteiger charge is 2.12. The van der Waals surface area contributed by atoms with Crippen LogP contribution < -0.4 is 11.1 Å². The number of carbonyl (C=O) groups excluding carboxylic acids is 2. The van der Waals surface area contributed by atoms with Gasteiger partial charge < -0.3 is 16.0 Å². The molecule has 5 rings (SSSR count). The molecule has 0 fully saturated rings. The zero-order valence-corrected chi connectivity index (χ0v) is 19.5. The van der Waals surface area contributed by atoms with E-state index in [1.807, 2.05) is 66.0 Å². The summed E-state index contributed by atoms with van der Waals surface area (Å²) < 4.78 is 0. The molecule has 0 bridgehead atoms. The Morgan fingerprint density at radius 2 is 1.77 bits per heavy atom. The van der Waals surface area contributed by atoms with E-state index in [0.29, 0.717) is 17.0 Å². The minimum absolute atomic E-state index is 0.146. The smallest absolute Gasteiger partial charge is 0.249 e. The minimum atomic E-state index is -0.509. The highest BCUT2D eigenvalue weighted by Crippen LogP contribution is 2.25. The second kappa shape index (κ2) is 9.79. The van der Waals surface area contributed by atoms with Gasteiger partial charge in [-0.05, 0) is 57.3 Å². The molecule has 6 nitrogen and oxygen atoms in total. The average molecular weight is 479 g/mol. The van der Waals surface area contributed by atoms with Gasteiger partial charge >= 0.3 is 0 Å². The third-order valence-corrected chi connectivity index (χ3v) is 6.34. The molecule has 0 unspecified atom stereocenters. The molecule has 5 aromatic rings. The molecule has 0 aliphatic heterocycles. The first-order valence-corrected chi connectivity index (χ1v) is 12.0. The van der Waals surface area contributed by atoms with E-state index in [2.05, 4.69) is 26.7 Å². The van der Waals surface area contributed by atoms with E-state index in [0.717, 1.165) is 27.6 Å². The third kappa shape index (κ3) is 5.05. The van der Waals surface area contributed by atoms with Gasteiger partial charge in [-0.3, -0.25) is 9.59 Å². The summed E-state index contributed by atoms with van der Waals surface area (Å²) in [6.07, 6.45) is 3.77. The Kier molecular flexibility index (Phi) is 6.24. The van der Waals surface area contributed by atoms with Crippen LogP contribution in [0.25, 0.3) is 33.8 Å². The second-order valence-electron chi connectivity index (χ2n) is 8.06. The van der Waals surface area contributed by atoms with Crippen molar-refractivity contribution in [2.24, 2.45) is 5.73 Å². The number of H-pyrrole nitrogens is 1. The Bertz CT molecular complexity index is 1520. The summed E-state index contributed by atoms with van der Waals surface area (Å²) in [5.41, 5.74) is 11.4. The first-order chi connectivity index (χ1) is 17.1. The molecule has 0 radical (unpaired) electrons. The van der Waals surface area contributed by atoms with E-state index in [1.165, 1.54) is 5.56 Å². The van der Waals surface area contributed by atoms with Crippen molar-refractivity contribution in [3.05, 3.63) is 106 Å². The number of amides is 2. The Hall–Kier alpha value is -4.49. The van der Waals surface area contributed by atoms with Crippen molar-refractivity contribution in [3.63, 3.8) is 0 Å². The number of anilines is 1. The van der Waals surface area contributed by atoms with E-state index >= 15 is 0 Å². The number of nitrogens with zero attached hydrogens (tertiary/aromatic N) is 1. The molecular formula is C28H22N4O2S. The van der Waals surface area contributed by atoms with Crippen LogP contribution in [0.5, 0.6) is 0 Å². The number of thiophene rings is 1. The van der Waals surface area contributed by atoms with Crippen LogP contribution in [-0.4, -0.2) is 21.8 Å². The van der Waals surface area contributed by atoms with Crippen LogP contribution in [0.2, 0.25) is 0 Å². The van der Waals surface area contributed by atoms with Crippen molar-refractivity contribution < 1.29 is 9.59 Å². The van der Waals surface area contributed by atoms with Gasteiger partial charge in [0.15, 0.2) is 0 Å². The Morgan fingerprint density at radius 3 is 2.49 bits per heavy atom. The van der Waals surface area contributed by atoms with Crippen molar-refractivity contribution >= 4 is 51.7 Å². The number of nitrogens with one attached hydrogen (secondary N) is 2. The van der Waals surface area contributed by atoms with E-state index < -0.39 is 5.91 Å². The lowest BCUT2D eigenvalue weighted by Gasteiger charge is -2.06. The molecule has 2 amide bonds. The summed E-state index contributed by atoms with van der Waals surface area (Å²) >= 11 is 1.66. The molecule has 3 aromatic heterocycles. The number of carbonyl (C=O) groups is 2. The standard InChI is InChI=1S/C28H22N4O2S/c29-27(34)24(20-4-2-1-3-5-20)15-22-16-30-28-23(22)10-11-25(32-28)31-26(33)14-18-6-8-19(9-7-18)21-12-13-35-17-21/h1-13,15-17H,14H2,(H2,29,34)(H2,30,31,32,33). The zero-order chi connectivity index (χ0) is 24.2. The lowest BCUT2D eigenvalue weighted by molar-refractivity contribution is -0.115. The lowest BCUT2D eigenvalue weighted by atomic mass is 10.0. The van der Waals surface area contributed by atoms with Gasteiger partial charge in [-0.25, -0.2) is 4.98 Å². The number of benzene rings is 2. The number of aromatic amines is 1. The molecule has 0 atom stereocenters. The maximum absolute atomic E-state index is 12.6. The molecule has 4 N–H and O–H groups in total. The summed E-state index contributed by atoms with van der Waals surface area (Å²) in [5.74, 6) is -0.203. The number of fused-ring (bicyclic) bond motifs is 1. The van der Waals surface area contributed by atoms with Crippen LogP contribution in [0, 0.1) is 0 Å². The van der Waals surface area contributed by atoms with Crippen LogP contribution in [0.4, 0.5) is 5.82 Å². The number of primary amides is 1. The first-order valence-electron chi connectivity index (χ1n) is 11.0. The summed E-state index contributed by atoms with van der Waals surface area (Å²) in [6.45, 7) is 0. The average Bonchev–Trinajstić information content (AvgIpc) is 3.54. The number of nitrogens with two attached hydrogens (primary N) is 1. The molecule has 35 heavy (non-hydrogen) atoms. The van der Waals surface area contributed by atoms with Crippen LogP contribution in [-0.2, 0) is 16.0 Å². The molecule has 0 spiro atoms. The summed E-state index contributed by atoms with van der Waals surface area (Å²) in [5, 5.41) is 7.83. The Balaban J connectivity index is 1.31. The fraction of sp³-hybridized carbons (Fsp3) is 0.0357. The second-order valence-corrected chi connectivity index (χ2v) is 8.84. The van der Waals surface area contributed by atoms with Gasteiger partial charge in [0.05, 0.1) is 6.42 Å². The van der Waals surface area contributed by atoms with Gasteiger partial charge in [-0.15, -0.1) is 0 Å². The van der Waals surface area contributed by atoms with E-state index in [4.69, 9.17) is 5.73 Å². The van der Waals surface area contributed by atoms with Gasteiger partial charge in [-0.1, -0.05) is 54.6 Å². The third-order valence-electron chi connectivity index (χ3n) is 5.66. The largest absolute Gasteiger partial charge is 0.366 e. The number of hydrogen-bond acceptors (Lipinski definition) is 4. The van der Waals surface area contributed by atoms with Crippen LogP contribution in [0.3, 0.4) is 0 Å². The Morgan fingerprint density at radius 1 is 0.971 bits per heavy atom. The number of aromatic nitrogens is 2. The minimum Gasteiger partial charge on any atom is -0.366 e. The van der Waals surface area contributed by atoms with Gasteiger partial charge in [0.1, 0.15) is 11.5 Å². The molecule has 7 heteroatoms. The summed E-state index contributed by atoms with van der Waals surface area (Å²) in [7, 11) is 0. The maximum atomic E-state index is 12.6. The van der Waals surface area contributed by atoms with Gasteiger partial charge in [-0.2, -0.15) is 11.3 Å². The number of rotatable bonds is 7. The quantitative estimate of drug-likeness (QED) is 0.269. The first kappa shape index (κ1) is 22.3. The van der Waals surface area contributed by atoms with Crippen molar-refractivity contribution in [1.29, 1.82) is 0 Å². The molecular weight excluding hydrogens is 456 g/mol. The van der Waals surface area contributed by atoms with Crippen LogP contribution in [0.15, 0.2) is 89.8 Å². The highest BCUT2D eigenvalue weighted by atomic mass is 32.1. The zero-order valence-electron chi connectivity index (χ0n) is 18.7. The molecule has 172 valence electrons. The fourth-order valence-electron chi connectivity index (χ4n) is 3.90. The molecule has 2 aromatic carbocycles. The van der Waals surface area contributed by atoms with Crippen molar-refractivity contribution in [2.75, 3.05) is 5.32 Å². The van der Waals surface area contributed by atoms with E-state index in [9.17, 15) is 9.59 Å². The predicted octanol–water partition coefficient (Wildman–Crippen LogP) is 5.50. The molecule has 0 aliphatic rings. The lowest BCUT2D eigenvalue weighted by Crippen LogP contribution is -2.15. The number of pyridine rings is 1. The topological polar surface area (TPSA) is 101 Å². The fourth-order valence-corrected chi connectivity index (χ4v) is 4.57. The molecule has 3 heterocycles. The van der Waals surface area contributed by atoms with E-state index in [1.54, 1.807) is 29.7 Å². The molecule has 0 aliphatic carbocycles. The highest BCUT2D eigenvalue weighted by molar-refractivity contribution is 7.08. The maximum Gasteiger partial charge on any atom is 0.249 e. The van der Waals surface area contributed by atoms with Gasteiger partial charge in [0, 0.05) is 22.7 Å². The Labute approximate surface area is 206 Å². The number of hydrogen-bond donors (Lipinski definition) is 3. The normalized spacial score (nSPS) is 11.5. The van der Waals surface area contributed by atoms with E-state index in [-0.39, 0.29) is 12.3 Å². The van der Waals surface area contributed by atoms with Crippen LogP contribution in [0.1, 0.15) is 16.7 Å². The van der Waals surface area contributed by atoms with Crippen molar-refractivity contribution in [3.8, 4) is 11.1 Å². The summed E-state index contributed by atoms with van der Waals surface area (Å²) in [6, 6.07) is 23.0. The SMILES string of the molecule is NC(=O)C(=Cc1c[nH]c2nc(NC(=O)Cc3ccc(-c4ccsc4)cc3)ccc12)c1ccccc1. The predicted molar refractivity (Wildman–Crippen MR) is 142 cm³/mol. The van der Waals surface area contributed by atoms with Gasteiger partial charge in [0.25, 0.3) is 0 Å². The summed E-state index contributed by atoms with van der Waals surface area (Å²) in [4.78, 5) is 32.3. The van der Waals surface area contributed by atoms with Crippen LogP contribution >= 0.6 is 11.3 Å². The van der Waals surface area contributed by atoms with Gasteiger partial charge in [0.2, 0.25) is 11.8 Å². The van der Waals surface area contributed by atoms with Crippen molar-refractivity contribution in [2.45, 2.75) is 6.42 Å². The monoisotopic (exact) mass is 478 g/mol.